The quantitative estimate of drug-likeness (QED) is 0.496. The van der Waals surface area contributed by atoms with Gasteiger partial charge in [-0.25, -0.2) is 9.97 Å². The van der Waals surface area contributed by atoms with Gasteiger partial charge >= 0.3 is 0 Å². The first-order valence-electron chi connectivity index (χ1n) is 5.30. The largest absolute Gasteiger partial charge is 0.368 e. The number of aromatic nitrogens is 2. The molecule has 0 unspecified atom stereocenters. The van der Waals surface area contributed by atoms with Crippen LogP contribution in [0.1, 0.15) is 5.69 Å². The third-order valence-electron chi connectivity index (χ3n) is 2.31. The molecule has 0 atom stereocenters. The average Bonchev–Trinajstić information content (AvgIpc) is 2.36. The second-order valence-corrected chi connectivity index (χ2v) is 4.46. The number of fused-ring (bicyclic) bond motifs is 1. The highest BCUT2D eigenvalue weighted by Gasteiger charge is 2.08. The third-order valence-corrected chi connectivity index (χ3v) is 3.47. The van der Waals surface area contributed by atoms with Gasteiger partial charge in [0, 0.05) is 14.1 Å². The summed E-state index contributed by atoms with van der Waals surface area (Å²) in [5, 5.41) is 4.74. The van der Waals surface area contributed by atoms with Gasteiger partial charge in [0.25, 0.3) is 0 Å². The van der Waals surface area contributed by atoms with Gasteiger partial charge in [-0.05, 0) is 30.8 Å². The van der Waals surface area contributed by atoms with E-state index in [2.05, 4.69) is 20.3 Å². The number of nitrogens with zero attached hydrogens (tertiary/aromatic N) is 3. The minimum absolute atomic E-state index is 0. The number of benzene rings is 1. The predicted molar refractivity (Wildman–Crippen MR) is 79.8 cm³/mol. The van der Waals surface area contributed by atoms with Crippen molar-refractivity contribution in [3.05, 3.63) is 30.0 Å². The Bertz CT molecular complexity index is 571. The maximum Gasteiger partial charge on any atom is 0.162 e. The number of nitrogens with one attached hydrogen (secondary N) is 1. The van der Waals surface area contributed by atoms with Crippen LogP contribution in [0.4, 0.5) is 0 Å². The molecular weight excluding hydrogens is 268 g/mol. The zero-order valence-corrected chi connectivity index (χ0v) is 12.1. The van der Waals surface area contributed by atoms with E-state index < -0.39 is 0 Å². The Labute approximate surface area is 117 Å². The number of amidine groups is 1. The van der Waals surface area contributed by atoms with Gasteiger partial charge in [0.15, 0.2) is 5.17 Å². The van der Waals surface area contributed by atoms with Crippen molar-refractivity contribution in [2.24, 2.45) is 4.99 Å². The Morgan fingerprint density at radius 1 is 1.22 bits per heavy atom. The summed E-state index contributed by atoms with van der Waals surface area (Å²) in [5.41, 5.74) is 2.76. The predicted octanol–water partition coefficient (Wildman–Crippen LogP) is 2.66. The van der Waals surface area contributed by atoms with Crippen molar-refractivity contribution in [2.45, 2.75) is 11.9 Å². The molecule has 1 heterocycles. The molecule has 0 bridgehead atoms. The van der Waals surface area contributed by atoms with E-state index in [9.17, 15) is 0 Å². The molecule has 1 aromatic heterocycles. The third kappa shape index (κ3) is 3.11. The molecule has 0 amide bonds. The first-order chi connectivity index (χ1) is 8.24. The number of hydrogen-bond donors (Lipinski definition) is 1. The van der Waals surface area contributed by atoms with Crippen LogP contribution in [0.3, 0.4) is 0 Å². The van der Waals surface area contributed by atoms with Gasteiger partial charge in [-0.3, -0.25) is 4.99 Å². The molecule has 2 rings (SSSR count). The maximum absolute atomic E-state index is 4.59. The number of aryl methyl sites for hydroxylation is 1. The molecule has 0 fully saturated rings. The summed E-state index contributed by atoms with van der Waals surface area (Å²) >= 11 is 1.50. The van der Waals surface area contributed by atoms with Crippen molar-refractivity contribution in [3.63, 3.8) is 0 Å². The Hall–Kier alpha value is -1.33. The van der Waals surface area contributed by atoms with Crippen LogP contribution in [-0.4, -0.2) is 29.2 Å². The van der Waals surface area contributed by atoms with E-state index in [1.165, 1.54) is 11.8 Å². The van der Waals surface area contributed by atoms with E-state index in [0.29, 0.717) is 0 Å². The lowest BCUT2D eigenvalue weighted by Crippen LogP contribution is -2.14. The van der Waals surface area contributed by atoms with Crippen molar-refractivity contribution in [3.8, 4) is 0 Å². The van der Waals surface area contributed by atoms with Crippen LogP contribution in [0.5, 0.6) is 0 Å². The molecular formula is C12H15ClN4S. The Morgan fingerprint density at radius 3 is 2.39 bits per heavy atom. The lowest BCUT2D eigenvalue weighted by Gasteiger charge is -2.07. The van der Waals surface area contributed by atoms with Crippen molar-refractivity contribution in [1.29, 1.82) is 0 Å². The Morgan fingerprint density at radius 2 is 1.83 bits per heavy atom. The Balaban J connectivity index is 0.00000162. The summed E-state index contributed by atoms with van der Waals surface area (Å²) in [6.45, 7) is 1.96. The normalized spacial score (nSPS) is 11.2. The summed E-state index contributed by atoms with van der Waals surface area (Å²) in [4.78, 5) is 13.2. The molecule has 18 heavy (non-hydrogen) atoms. The lowest BCUT2D eigenvalue weighted by molar-refractivity contribution is 1.04. The highest BCUT2D eigenvalue weighted by molar-refractivity contribution is 8.13. The summed E-state index contributed by atoms with van der Waals surface area (Å²) in [7, 11) is 3.60. The lowest BCUT2D eigenvalue weighted by atomic mass is 10.3. The SMILES string of the molecule is CN=C(NC)Sc1nc2ccccc2nc1C.Cl. The van der Waals surface area contributed by atoms with E-state index in [0.717, 1.165) is 26.9 Å². The minimum Gasteiger partial charge on any atom is -0.368 e. The van der Waals surface area contributed by atoms with Gasteiger partial charge in [-0.2, -0.15) is 0 Å². The molecule has 0 saturated heterocycles. The zero-order chi connectivity index (χ0) is 12.3. The zero-order valence-electron chi connectivity index (χ0n) is 10.5. The number of aliphatic imine (C=N–C) groups is 1. The molecule has 0 aliphatic heterocycles. The summed E-state index contributed by atoms with van der Waals surface area (Å²) < 4.78 is 0. The molecule has 0 aliphatic rings. The molecule has 1 N–H and O–H groups in total. The Kier molecular flexibility index (Phi) is 5.37. The molecule has 1 aromatic carbocycles. The standard InChI is InChI=1S/C12H14N4S.ClH/c1-8-11(17-12(13-2)14-3)16-10-7-5-4-6-9(10)15-8;/h4-7H,1-3H3,(H,13,14);1H. The molecule has 0 spiro atoms. The fraction of sp³-hybridized carbons (Fsp3) is 0.250. The van der Waals surface area contributed by atoms with E-state index in [4.69, 9.17) is 0 Å². The van der Waals surface area contributed by atoms with Gasteiger partial charge in [-0.1, -0.05) is 12.1 Å². The summed E-state index contributed by atoms with van der Waals surface area (Å²) in [6, 6.07) is 7.87. The van der Waals surface area contributed by atoms with Gasteiger partial charge in [0.2, 0.25) is 0 Å². The molecule has 0 aliphatic carbocycles. The van der Waals surface area contributed by atoms with Gasteiger partial charge < -0.3 is 5.32 Å². The van der Waals surface area contributed by atoms with Crippen LogP contribution in [0.2, 0.25) is 0 Å². The van der Waals surface area contributed by atoms with Crippen LogP contribution < -0.4 is 5.32 Å². The van der Waals surface area contributed by atoms with E-state index in [-0.39, 0.29) is 12.4 Å². The smallest absolute Gasteiger partial charge is 0.162 e. The molecule has 0 saturated carbocycles. The van der Waals surface area contributed by atoms with Crippen LogP contribution in [-0.2, 0) is 0 Å². The molecule has 96 valence electrons. The van der Waals surface area contributed by atoms with Crippen LogP contribution in [0, 0.1) is 6.92 Å². The fourth-order valence-electron chi connectivity index (χ4n) is 1.47. The van der Waals surface area contributed by atoms with Crippen molar-refractivity contribution in [1.82, 2.24) is 15.3 Å². The summed E-state index contributed by atoms with van der Waals surface area (Å²) in [6.07, 6.45) is 0. The van der Waals surface area contributed by atoms with Crippen LogP contribution in [0.25, 0.3) is 11.0 Å². The minimum atomic E-state index is 0. The van der Waals surface area contributed by atoms with Gasteiger partial charge in [0.05, 0.1) is 16.7 Å². The average molecular weight is 283 g/mol. The highest BCUT2D eigenvalue weighted by atomic mass is 35.5. The van der Waals surface area contributed by atoms with E-state index >= 15 is 0 Å². The first-order valence-corrected chi connectivity index (χ1v) is 6.12. The highest BCUT2D eigenvalue weighted by Crippen LogP contribution is 2.22. The van der Waals surface area contributed by atoms with Crippen molar-refractivity contribution < 1.29 is 0 Å². The second kappa shape index (κ2) is 6.56. The molecule has 6 heteroatoms. The number of para-hydroxylation sites is 2. The van der Waals surface area contributed by atoms with Crippen LogP contribution >= 0.6 is 24.2 Å². The number of thioether (sulfide) groups is 1. The topological polar surface area (TPSA) is 50.2 Å². The van der Waals surface area contributed by atoms with E-state index in [1.807, 2.05) is 38.2 Å². The van der Waals surface area contributed by atoms with Crippen molar-refractivity contribution in [2.75, 3.05) is 14.1 Å². The molecule has 4 nitrogen and oxygen atoms in total. The molecule has 2 aromatic rings. The maximum atomic E-state index is 4.59. The second-order valence-electron chi connectivity index (χ2n) is 3.48. The molecule has 0 radical (unpaired) electrons. The monoisotopic (exact) mass is 282 g/mol. The number of rotatable bonds is 1. The van der Waals surface area contributed by atoms with E-state index in [1.54, 1.807) is 7.05 Å². The summed E-state index contributed by atoms with van der Waals surface area (Å²) in [5.74, 6) is 0. The van der Waals surface area contributed by atoms with Gasteiger partial charge in [0.1, 0.15) is 5.03 Å². The van der Waals surface area contributed by atoms with Gasteiger partial charge in [-0.15, -0.1) is 12.4 Å². The number of halogens is 1. The fourth-order valence-corrected chi connectivity index (χ4v) is 2.18. The first kappa shape index (κ1) is 14.7. The number of hydrogen-bond acceptors (Lipinski definition) is 4. The van der Waals surface area contributed by atoms with Crippen LogP contribution in [0.15, 0.2) is 34.3 Å². The van der Waals surface area contributed by atoms with Crippen molar-refractivity contribution >= 4 is 40.4 Å².